The minimum Gasteiger partial charge on any atom is -0.343 e. The molecule has 0 atom stereocenters. The zero-order valence-corrected chi connectivity index (χ0v) is 9.76. The quantitative estimate of drug-likeness (QED) is 0.790. The Morgan fingerprint density at radius 1 is 1.44 bits per heavy atom. The topological polar surface area (TPSA) is 38.9 Å². The van der Waals surface area contributed by atoms with Crippen LogP contribution in [0.2, 0.25) is 5.02 Å². The van der Waals surface area contributed by atoms with Crippen molar-refractivity contribution in [2.24, 2.45) is 0 Å². The van der Waals surface area contributed by atoms with Crippen molar-refractivity contribution in [2.75, 3.05) is 5.75 Å². The van der Waals surface area contributed by atoms with E-state index in [2.05, 4.69) is 14.7 Å². The lowest BCUT2D eigenvalue weighted by Crippen LogP contribution is -1.92. The van der Waals surface area contributed by atoms with E-state index < -0.39 is 0 Å². The number of hydrogen-bond acceptors (Lipinski definition) is 4. The number of benzene rings is 1. The highest BCUT2D eigenvalue weighted by Gasteiger charge is 2.07. The van der Waals surface area contributed by atoms with E-state index in [1.807, 2.05) is 0 Å². The summed E-state index contributed by atoms with van der Waals surface area (Å²) in [7, 11) is 0. The molecular formula is C10H8ClFN2OS. The van der Waals surface area contributed by atoms with Gasteiger partial charge < -0.3 is 4.52 Å². The molecule has 0 radical (unpaired) electrons. The zero-order chi connectivity index (χ0) is 11.4. The van der Waals surface area contributed by atoms with Crippen LogP contribution in [-0.2, 0) is 6.42 Å². The van der Waals surface area contributed by atoms with Crippen LogP contribution in [0.25, 0.3) is 0 Å². The number of halogens is 2. The van der Waals surface area contributed by atoms with Crippen LogP contribution in [0, 0.1) is 5.82 Å². The molecule has 84 valence electrons. The third-order valence-electron chi connectivity index (χ3n) is 1.91. The average molecular weight is 259 g/mol. The molecule has 16 heavy (non-hydrogen) atoms. The van der Waals surface area contributed by atoms with Crippen LogP contribution in [0.3, 0.4) is 0 Å². The lowest BCUT2D eigenvalue weighted by molar-refractivity contribution is 0.411. The number of aromatic nitrogens is 2. The van der Waals surface area contributed by atoms with Crippen LogP contribution in [0.5, 0.6) is 0 Å². The second-order valence-corrected chi connectivity index (χ2v) is 4.54. The fourth-order valence-electron chi connectivity index (χ4n) is 1.15. The van der Waals surface area contributed by atoms with Gasteiger partial charge in [-0.3, -0.25) is 0 Å². The molecule has 3 nitrogen and oxygen atoms in total. The summed E-state index contributed by atoms with van der Waals surface area (Å²) in [4.78, 5) is 4.41. The van der Waals surface area contributed by atoms with Crippen molar-refractivity contribution in [3.05, 3.63) is 41.3 Å². The summed E-state index contributed by atoms with van der Waals surface area (Å²) in [5, 5.41) is 3.81. The van der Waals surface area contributed by atoms with Crippen LogP contribution in [0.15, 0.2) is 34.0 Å². The van der Waals surface area contributed by atoms with Crippen LogP contribution in [0.4, 0.5) is 4.39 Å². The van der Waals surface area contributed by atoms with Gasteiger partial charge in [0.15, 0.2) is 11.6 Å². The highest BCUT2D eigenvalue weighted by Crippen LogP contribution is 2.26. The van der Waals surface area contributed by atoms with Gasteiger partial charge in [0.1, 0.15) is 0 Å². The first-order valence-electron chi connectivity index (χ1n) is 4.59. The lowest BCUT2D eigenvalue weighted by atomic mass is 10.3. The molecule has 0 aliphatic heterocycles. The van der Waals surface area contributed by atoms with Crippen LogP contribution >= 0.6 is 23.4 Å². The fraction of sp³-hybridized carbons (Fsp3) is 0.200. The highest BCUT2D eigenvalue weighted by molar-refractivity contribution is 7.99. The third kappa shape index (κ3) is 2.74. The van der Waals surface area contributed by atoms with E-state index in [1.54, 1.807) is 12.1 Å². The summed E-state index contributed by atoms with van der Waals surface area (Å²) in [5.74, 6) is 0.925. The van der Waals surface area contributed by atoms with Crippen LogP contribution in [-0.4, -0.2) is 15.9 Å². The highest BCUT2D eigenvalue weighted by atomic mass is 35.5. The van der Waals surface area contributed by atoms with Gasteiger partial charge in [-0.05, 0) is 12.1 Å². The van der Waals surface area contributed by atoms with Gasteiger partial charge in [-0.15, -0.1) is 11.8 Å². The summed E-state index contributed by atoms with van der Waals surface area (Å²) in [6.45, 7) is 0. The van der Waals surface area contributed by atoms with Gasteiger partial charge in [-0.2, -0.15) is 4.98 Å². The van der Waals surface area contributed by atoms with Gasteiger partial charge in [-0.25, -0.2) is 4.39 Å². The molecule has 1 aromatic heterocycles. The molecule has 0 fully saturated rings. The van der Waals surface area contributed by atoms with Crippen molar-refractivity contribution in [2.45, 2.75) is 11.3 Å². The van der Waals surface area contributed by atoms with Crippen molar-refractivity contribution < 1.29 is 8.91 Å². The average Bonchev–Trinajstić information content (AvgIpc) is 2.77. The van der Waals surface area contributed by atoms with Crippen LogP contribution < -0.4 is 0 Å². The molecule has 0 unspecified atom stereocenters. The van der Waals surface area contributed by atoms with Crippen molar-refractivity contribution in [1.29, 1.82) is 0 Å². The molecule has 0 aliphatic rings. The number of nitrogens with zero attached hydrogens (tertiary/aromatic N) is 2. The predicted molar refractivity (Wildman–Crippen MR) is 60.1 cm³/mol. The number of thioether (sulfide) groups is 1. The number of hydrogen-bond donors (Lipinski definition) is 0. The van der Waals surface area contributed by atoms with Gasteiger partial charge in [0.25, 0.3) is 0 Å². The fourth-order valence-corrected chi connectivity index (χ4v) is 2.30. The lowest BCUT2D eigenvalue weighted by Gasteiger charge is -2.02. The maximum atomic E-state index is 13.5. The van der Waals surface area contributed by atoms with E-state index in [1.165, 1.54) is 24.2 Å². The normalized spacial score (nSPS) is 10.6. The van der Waals surface area contributed by atoms with E-state index >= 15 is 0 Å². The standard InChI is InChI=1S/C10H8ClFN2OS/c11-7-2-1-3-8(10(7)12)16-5-4-9-13-6-15-14-9/h1-3,6H,4-5H2. The SMILES string of the molecule is Fc1c(Cl)cccc1SCCc1ncon1. The maximum absolute atomic E-state index is 13.5. The van der Waals surface area contributed by atoms with E-state index in [9.17, 15) is 4.39 Å². The first-order valence-corrected chi connectivity index (χ1v) is 5.96. The van der Waals surface area contributed by atoms with Gasteiger partial charge >= 0.3 is 0 Å². The second-order valence-electron chi connectivity index (χ2n) is 3.00. The molecule has 1 heterocycles. The molecule has 2 aromatic rings. The molecule has 0 aliphatic carbocycles. The minimum absolute atomic E-state index is 0.143. The third-order valence-corrected chi connectivity index (χ3v) is 3.23. The first-order chi connectivity index (χ1) is 7.77. The van der Waals surface area contributed by atoms with Gasteiger partial charge in [-0.1, -0.05) is 22.8 Å². The van der Waals surface area contributed by atoms with Crippen molar-refractivity contribution in [3.63, 3.8) is 0 Å². The van der Waals surface area contributed by atoms with E-state index in [0.717, 1.165) is 0 Å². The minimum atomic E-state index is -0.373. The maximum Gasteiger partial charge on any atom is 0.213 e. The molecule has 1 aromatic carbocycles. The summed E-state index contributed by atoms with van der Waals surface area (Å²) in [6, 6.07) is 4.95. The Hall–Kier alpha value is -1.07. The Kier molecular flexibility index (Phi) is 3.79. The van der Waals surface area contributed by atoms with E-state index in [4.69, 9.17) is 11.6 Å². The van der Waals surface area contributed by atoms with Gasteiger partial charge in [0.2, 0.25) is 6.39 Å². The molecule has 0 spiro atoms. The summed E-state index contributed by atoms with van der Waals surface area (Å²) in [6.07, 6.45) is 1.91. The van der Waals surface area contributed by atoms with Crippen LogP contribution in [0.1, 0.15) is 5.82 Å². The molecule has 2 rings (SSSR count). The monoisotopic (exact) mass is 258 g/mol. The Morgan fingerprint density at radius 3 is 3.06 bits per heavy atom. The number of aryl methyl sites for hydroxylation is 1. The Balaban J connectivity index is 1.92. The molecular weight excluding hydrogens is 251 g/mol. The molecule has 6 heteroatoms. The largest absolute Gasteiger partial charge is 0.343 e. The first kappa shape index (κ1) is 11.4. The number of rotatable bonds is 4. The summed E-state index contributed by atoms with van der Waals surface area (Å²) >= 11 is 7.04. The molecule has 0 bridgehead atoms. The van der Waals surface area contributed by atoms with Gasteiger partial charge in [0, 0.05) is 17.1 Å². The summed E-state index contributed by atoms with van der Waals surface area (Å²) < 4.78 is 18.1. The summed E-state index contributed by atoms with van der Waals surface area (Å²) in [5.41, 5.74) is 0. The Labute approximate surface area is 101 Å². The van der Waals surface area contributed by atoms with E-state index in [0.29, 0.717) is 22.9 Å². The van der Waals surface area contributed by atoms with Crippen molar-refractivity contribution >= 4 is 23.4 Å². The Morgan fingerprint density at radius 2 is 2.31 bits per heavy atom. The predicted octanol–water partition coefficient (Wildman–Crippen LogP) is 3.20. The smallest absolute Gasteiger partial charge is 0.213 e. The van der Waals surface area contributed by atoms with Gasteiger partial charge in [0.05, 0.1) is 5.02 Å². The second kappa shape index (κ2) is 5.32. The molecule has 0 amide bonds. The molecule has 0 saturated heterocycles. The van der Waals surface area contributed by atoms with E-state index in [-0.39, 0.29) is 10.8 Å². The molecule has 0 N–H and O–H groups in total. The Bertz CT molecular complexity index is 464. The van der Waals surface area contributed by atoms with Crippen molar-refractivity contribution in [1.82, 2.24) is 10.1 Å². The molecule has 0 saturated carbocycles. The van der Waals surface area contributed by atoms with Crippen molar-refractivity contribution in [3.8, 4) is 0 Å². The zero-order valence-electron chi connectivity index (χ0n) is 8.19.